The summed E-state index contributed by atoms with van der Waals surface area (Å²) in [6.45, 7) is 6.97. The summed E-state index contributed by atoms with van der Waals surface area (Å²) >= 11 is 0. The molecule has 90 valence electrons. The highest BCUT2D eigenvalue weighted by Crippen LogP contribution is 2.06. The zero-order chi connectivity index (χ0) is 11.7. The summed E-state index contributed by atoms with van der Waals surface area (Å²) < 4.78 is 5.00. The number of nitrogens with one attached hydrogen (secondary N) is 1. The number of rotatable bonds is 4. The summed E-state index contributed by atoms with van der Waals surface area (Å²) in [6.07, 6.45) is 0.989. The van der Waals surface area contributed by atoms with Gasteiger partial charge in [-0.25, -0.2) is 4.79 Å². The fourth-order valence-electron chi connectivity index (χ4n) is 1.12. The van der Waals surface area contributed by atoms with Crippen LogP contribution in [0.5, 0.6) is 0 Å². The number of hydrogen-bond donors (Lipinski definition) is 2. The van der Waals surface area contributed by atoms with E-state index in [0.717, 1.165) is 6.54 Å². The molecule has 0 aromatic heterocycles. The highest BCUT2D eigenvalue weighted by Gasteiger charge is 2.27. The molecule has 0 saturated carbocycles. The van der Waals surface area contributed by atoms with Crippen molar-refractivity contribution in [3.05, 3.63) is 0 Å². The van der Waals surface area contributed by atoms with E-state index in [2.05, 4.69) is 19.2 Å². The summed E-state index contributed by atoms with van der Waals surface area (Å²) in [5.74, 6) is 0. The molecule has 0 bridgehead atoms. The van der Waals surface area contributed by atoms with Crippen LogP contribution in [-0.2, 0) is 4.74 Å². The normalized spacial score (nSPS) is 19.6. The number of nitrogens with zero attached hydrogens (tertiary/aromatic N) is 1. The summed E-state index contributed by atoms with van der Waals surface area (Å²) in [5.41, 5.74) is 5.29. The first kappa shape index (κ1) is 14.2. The molecule has 0 spiro atoms. The largest absolute Gasteiger partial charge is 0.443 e. The quantitative estimate of drug-likeness (QED) is 0.669. The minimum atomic E-state index is -0.241. The summed E-state index contributed by atoms with van der Waals surface area (Å²) in [5, 5.41) is 3.09. The maximum atomic E-state index is 10.9. The first-order valence-corrected chi connectivity index (χ1v) is 5.48. The maximum Gasteiger partial charge on any atom is 0.410 e. The monoisotopic (exact) mass is 217 g/mol. The second-order valence-electron chi connectivity index (χ2n) is 3.59. The molecular formula is C10H23N3O2. The van der Waals surface area contributed by atoms with Crippen LogP contribution in [0, 0.1) is 0 Å². The predicted molar refractivity (Wildman–Crippen MR) is 60.8 cm³/mol. The van der Waals surface area contributed by atoms with Gasteiger partial charge in [-0.05, 0) is 0 Å². The van der Waals surface area contributed by atoms with E-state index < -0.39 is 0 Å². The van der Waals surface area contributed by atoms with Gasteiger partial charge in [0.15, 0.2) is 0 Å². The van der Waals surface area contributed by atoms with Crippen molar-refractivity contribution in [1.29, 1.82) is 0 Å². The van der Waals surface area contributed by atoms with E-state index in [9.17, 15) is 4.79 Å². The van der Waals surface area contributed by atoms with Gasteiger partial charge in [0.2, 0.25) is 0 Å². The van der Waals surface area contributed by atoms with Gasteiger partial charge in [0, 0.05) is 26.7 Å². The molecule has 1 saturated heterocycles. The minimum Gasteiger partial charge on any atom is -0.443 e. The van der Waals surface area contributed by atoms with Crippen molar-refractivity contribution < 1.29 is 9.53 Å². The van der Waals surface area contributed by atoms with Gasteiger partial charge in [-0.1, -0.05) is 20.3 Å². The third kappa shape index (κ3) is 6.30. The molecular weight excluding hydrogens is 194 g/mol. The Bertz CT molecular complexity index is 176. The third-order valence-electron chi connectivity index (χ3n) is 1.75. The molecule has 0 radical (unpaired) electrons. The lowest BCUT2D eigenvalue weighted by molar-refractivity contribution is 0.133. The number of hydrogen-bond acceptors (Lipinski definition) is 4. The fourth-order valence-corrected chi connectivity index (χ4v) is 1.12. The van der Waals surface area contributed by atoms with E-state index in [1.54, 1.807) is 11.9 Å². The molecule has 15 heavy (non-hydrogen) atoms. The van der Waals surface area contributed by atoms with Gasteiger partial charge in [-0.15, -0.1) is 0 Å². The summed E-state index contributed by atoms with van der Waals surface area (Å²) in [7, 11) is 1.73. The molecule has 1 aliphatic rings. The second kappa shape index (κ2) is 8.49. The Morgan fingerprint density at radius 2 is 2.20 bits per heavy atom. The molecule has 3 N–H and O–H groups in total. The second-order valence-corrected chi connectivity index (χ2v) is 3.59. The number of cyclic esters (lactones) is 1. The van der Waals surface area contributed by atoms with E-state index in [0.29, 0.717) is 19.6 Å². The molecule has 0 aromatic rings. The van der Waals surface area contributed by atoms with Gasteiger partial charge in [-0.3, -0.25) is 0 Å². The maximum absolute atomic E-state index is 10.9. The number of carbonyl (C=O) groups is 1. The molecule has 1 heterocycles. The number of nitrogens with two attached hydrogens (primary N) is 1. The lowest BCUT2D eigenvalue weighted by atomic mass is 10.3. The third-order valence-corrected chi connectivity index (χ3v) is 1.75. The van der Waals surface area contributed by atoms with Crippen molar-refractivity contribution in [3.63, 3.8) is 0 Å². The molecule has 5 heteroatoms. The Hall–Kier alpha value is -0.810. The highest BCUT2D eigenvalue weighted by atomic mass is 16.6. The lowest BCUT2D eigenvalue weighted by Crippen LogP contribution is -2.32. The Kier molecular flexibility index (Phi) is 8.04. The SMILES string of the molecule is CCC.CN1CC(CNCCN)OC1=O. The summed E-state index contributed by atoms with van der Waals surface area (Å²) in [6, 6.07) is 0. The van der Waals surface area contributed by atoms with Crippen LogP contribution < -0.4 is 11.1 Å². The molecule has 1 unspecified atom stereocenters. The Balaban J connectivity index is 0.000000583. The van der Waals surface area contributed by atoms with Crippen LogP contribution in [0.4, 0.5) is 4.79 Å². The smallest absolute Gasteiger partial charge is 0.410 e. The number of ether oxygens (including phenoxy) is 1. The highest BCUT2D eigenvalue weighted by molar-refractivity contribution is 5.69. The van der Waals surface area contributed by atoms with Crippen LogP contribution in [0.15, 0.2) is 0 Å². The fraction of sp³-hybridized carbons (Fsp3) is 0.900. The van der Waals surface area contributed by atoms with Crippen molar-refractivity contribution in [2.75, 3.05) is 33.2 Å². The van der Waals surface area contributed by atoms with Gasteiger partial charge in [0.1, 0.15) is 6.10 Å². The Morgan fingerprint density at radius 3 is 2.60 bits per heavy atom. The van der Waals surface area contributed by atoms with E-state index in [1.807, 2.05) is 0 Å². The number of amides is 1. The van der Waals surface area contributed by atoms with Crippen LogP contribution >= 0.6 is 0 Å². The molecule has 0 aliphatic carbocycles. The zero-order valence-corrected chi connectivity index (χ0v) is 9.95. The average Bonchev–Trinajstić information content (AvgIpc) is 2.48. The van der Waals surface area contributed by atoms with Crippen LogP contribution in [0.2, 0.25) is 0 Å². The molecule has 0 aromatic carbocycles. The van der Waals surface area contributed by atoms with Gasteiger partial charge in [0.25, 0.3) is 0 Å². The average molecular weight is 217 g/mol. The number of carbonyl (C=O) groups excluding carboxylic acids is 1. The molecule has 1 atom stereocenters. The molecule has 5 nitrogen and oxygen atoms in total. The van der Waals surface area contributed by atoms with Crippen LogP contribution in [0.25, 0.3) is 0 Å². The van der Waals surface area contributed by atoms with Crippen molar-refractivity contribution >= 4 is 6.09 Å². The Morgan fingerprint density at radius 1 is 1.60 bits per heavy atom. The van der Waals surface area contributed by atoms with E-state index >= 15 is 0 Å². The first-order valence-electron chi connectivity index (χ1n) is 5.48. The van der Waals surface area contributed by atoms with Crippen molar-refractivity contribution in [3.8, 4) is 0 Å². The van der Waals surface area contributed by atoms with Crippen LogP contribution in [0.3, 0.4) is 0 Å². The standard InChI is InChI=1S/C7H15N3O2.C3H8/c1-10-5-6(12-7(10)11)4-9-3-2-8;1-3-2/h6,9H,2-5,8H2,1H3;3H2,1-2H3. The molecule has 1 aliphatic heterocycles. The van der Waals surface area contributed by atoms with Crippen molar-refractivity contribution in [1.82, 2.24) is 10.2 Å². The lowest BCUT2D eigenvalue weighted by Gasteiger charge is -2.07. The number of likely N-dealkylation sites (N-methyl/N-ethyl adjacent to an activating group) is 1. The van der Waals surface area contributed by atoms with Gasteiger partial charge in [0.05, 0.1) is 6.54 Å². The van der Waals surface area contributed by atoms with E-state index in [4.69, 9.17) is 10.5 Å². The van der Waals surface area contributed by atoms with Gasteiger partial charge < -0.3 is 20.7 Å². The van der Waals surface area contributed by atoms with Crippen molar-refractivity contribution in [2.45, 2.75) is 26.4 Å². The van der Waals surface area contributed by atoms with Crippen molar-refractivity contribution in [2.24, 2.45) is 5.73 Å². The molecule has 1 amide bonds. The van der Waals surface area contributed by atoms with Crippen LogP contribution in [-0.4, -0.2) is 50.3 Å². The predicted octanol–water partition coefficient (Wildman–Crippen LogP) is 0.402. The zero-order valence-electron chi connectivity index (χ0n) is 9.95. The molecule has 1 rings (SSSR count). The minimum absolute atomic E-state index is 0.0194. The van der Waals surface area contributed by atoms with Gasteiger partial charge in [-0.2, -0.15) is 0 Å². The molecule has 1 fully saturated rings. The van der Waals surface area contributed by atoms with Crippen LogP contribution in [0.1, 0.15) is 20.3 Å². The topological polar surface area (TPSA) is 67.6 Å². The first-order chi connectivity index (χ1) is 7.15. The Labute approximate surface area is 91.9 Å². The van der Waals surface area contributed by atoms with E-state index in [1.165, 1.54) is 6.42 Å². The van der Waals surface area contributed by atoms with E-state index in [-0.39, 0.29) is 12.2 Å². The summed E-state index contributed by atoms with van der Waals surface area (Å²) in [4.78, 5) is 12.4. The van der Waals surface area contributed by atoms with Gasteiger partial charge >= 0.3 is 6.09 Å².